The van der Waals surface area contributed by atoms with E-state index < -0.39 is 0 Å². The van der Waals surface area contributed by atoms with Gasteiger partial charge >= 0.3 is 0 Å². The highest BCUT2D eigenvalue weighted by molar-refractivity contribution is 6.30. The summed E-state index contributed by atoms with van der Waals surface area (Å²) < 4.78 is 0. The maximum absolute atomic E-state index is 6.43. The van der Waals surface area contributed by atoms with Crippen LogP contribution in [0.4, 0.5) is 0 Å². The van der Waals surface area contributed by atoms with Gasteiger partial charge in [-0.15, -0.1) is 0 Å². The molecule has 2 heteroatoms. The van der Waals surface area contributed by atoms with Crippen LogP contribution in [0.3, 0.4) is 0 Å². The minimum absolute atomic E-state index is 0.0545. The fourth-order valence-electron chi connectivity index (χ4n) is 3.83. The molecule has 0 aromatic heterocycles. The van der Waals surface area contributed by atoms with Crippen LogP contribution in [-0.2, 0) is 5.41 Å². The molecule has 0 fully saturated rings. The van der Waals surface area contributed by atoms with Gasteiger partial charge in [-0.25, -0.2) is 0 Å². The number of hydrogen-bond donors (Lipinski definition) is 1. The number of nitrogens with two attached hydrogens (primary N) is 1. The number of halogens is 1. The van der Waals surface area contributed by atoms with Crippen molar-refractivity contribution in [3.05, 3.63) is 81.9 Å². The third-order valence-electron chi connectivity index (χ3n) is 6.17. The molecule has 0 aliphatic rings. The van der Waals surface area contributed by atoms with Crippen molar-refractivity contribution >= 4 is 22.9 Å². The monoisotopic (exact) mass is 395 g/mol. The SMILES string of the molecule is C=C(N)c1ccc(/C(=C/C)CC(C)(c2cc(C)cc(Cl)c2)C(C)(C)C)cc1C. The summed E-state index contributed by atoms with van der Waals surface area (Å²) in [5.41, 5.74) is 13.7. The molecule has 1 unspecified atom stereocenters. The Morgan fingerprint density at radius 1 is 1.07 bits per heavy atom. The Bertz CT molecular complexity index is 894. The van der Waals surface area contributed by atoms with Crippen LogP contribution < -0.4 is 5.73 Å². The van der Waals surface area contributed by atoms with E-state index in [4.69, 9.17) is 17.3 Å². The van der Waals surface area contributed by atoms with Gasteiger partial charge in [0, 0.05) is 16.1 Å². The Morgan fingerprint density at radius 2 is 1.71 bits per heavy atom. The van der Waals surface area contributed by atoms with Gasteiger partial charge < -0.3 is 5.73 Å². The Labute approximate surface area is 176 Å². The van der Waals surface area contributed by atoms with Crippen molar-refractivity contribution in [2.75, 3.05) is 0 Å². The number of benzene rings is 2. The third-order valence-corrected chi connectivity index (χ3v) is 6.39. The van der Waals surface area contributed by atoms with E-state index in [0.29, 0.717) is 5.70 Å². The van der Waals surface area contributed by atoms with Crippen molar-refractivity contribution in [3.63, 3.8) is 0 Å². The first kappa shape index (κ1) is 22.3. The zero-order valence-electron chi connectivity index (χ0n) is 18.4. The molecule has 1 nitrogen and oxygen atoms in total. The van der Waals surface area contributed by atoms with E-state index in [-0.39, 0.29) is 10.8 Å². The second kappa shape index (κ2) is 8.17. The van der Waals surface area contributed by atoms with E-state index in [2.05, 4.69) is 91.5 Å². The van der Waals surface area contributed by atoms with Crippen LogP contribution in [0.5, 0.6) is 0 Å². The maximum atomic E-state index is 6.43. The second-order valence-electron chi connectivity index (χ2n) is 9.14. The molecule has 0 amide bonds. The maximum Gasteiger partial charge on any atom is 0.0411 e. The standard InChI is InChI=1S/C26H34ClN/c1-9-20(21-10-11-24(19(4)28)18(3)14-21)16-26(8,25(5,6)7)22-12-17(2)13-23(27)15-22/h9-15H,4,16,28H2,1-3,5-8H3/b20-9+. The molecule has 2 aromatic carbocycles. The Hall–Kier alpha value is -1.99. The number of hydrogen-bond acceptors (Lipinski definition) is 1. The summed E-state index contributed by atoms with van der Waals surface area (Å²) in [7, 11) is 0. The predicted octanol–water partition coefficient (Wildman–Crippen LogP) is 7.68. The summed E-state index contributed by atoms with van der Waals surface area (Å²) in [5, 5.41) is 0.800. The van der Waals surface area contributed by atoms with Crippen molar-refractivity contribution < 1.29 is 0 Å². The molecule has 2 aromatic rings. The van der Waals surface area contributed by atoms with Crippen molar-refractivity contribution in [2.24, 2.45) is 11.1 Å². The van der Waals surface area contributed by atoms with Gasteiger partial charge in [-0.2, -0.15) is 0 Å². The van der Waals surface area contributed by atoms with Crippen LogP contribution in [-0.4, -0.2) is 0 Å². The number of aryl methyl sites for hydroxylation is 2. The molecule has 0 radical (unpaired) electrons. The first-order chi connectivity index (χ1) is 12.9. The fraction of sp³-hybridized carbons (Fsp3) is 0.385. The lowest BCUT2D eigenvalue weighted by Gasteiger charge is -2.44. The lowest BCUT2D eigenvalue weighted by Crippen LogP contribution is -2.37. The zero-order chi connectivity index (χ0) is 21.3. The highest BCUT2D eigenvalue weighted by Crippen LogP contribution is 2.48. The van der Waals surface area contributed by atoms with Gasteiger partial charge in [-0.3, -0.25) is 0 Å². The van der Waals surface area contributed by atoms with E-state index in [1.807, 2.05) is 6.07 Å². The normalized spacial score (nSPS) is 14.6. The van der Waals surface area contributed by atoms with Crippen molar-refractivity contribution in [1.29, 1.82) is 0 Å². The lowest BCUT2D eigenvalue weighted by molar-refractivity contribution is 0.208. The first-order valence-corrected chi connectivity index (χ1v) is 10.3. The van der Waals surface area contributed by atoms with Gasteiger partial charge in [0.15, 0.2) is 0 Å². The number of rotatable bonds is 5. The van der Waals surface area contributed by atoms with Gasteiger partial charge in [0.2, 0.25) is 0 Å². The highest BCUT2D eigenvalue weighted by atomic mass is 35.5. The third kappa shape index (κ3) is 4.52. The molecule has 150 valence electrons. The van der Waals surface area contributed by atoms with Gasteiger partial charge in [0.1, 0.15) is 0 Å². The van der Waals surface area contributed by atoms with Crippen LogP contribution in [0.25, 0.3) is 11.3 Å². The molecule has 0 aliphatic carbocycles. The molecule has 2 N–H and O–H groups in total. The minimum Gasteiger partial charge on any atom is -0.399 e. The molecule has 0 heterocycles. The quantitative estimate of drug-likeness (QED) is 0.551. The van der Waals surface area contributed by atoms with Crippen LogP contribution in [0.15, 0.2) is 49.1 Å². The Balaban J connectivity index is 2.54. The van der Waals surface area contributed by atoms with Crippen LogP contribution in [0, 0.1) is 19.3 Å². The van der Waals surface area contributed by atoms with Crippen LogP contribution in [0.2, 0.25) is 5.02 Å². The largest absolute Gasteiger partial charge is 0.399 e. The number of allylic oxidation sites excluding steroid dienone is 2. The Morgan fingerprint density at radius 3 is 2.18 bits per heavy atom. The van der Waals surface area contributed by atoms with Crippen molar-refractivity contribution in [3.8, 4) is 0 Å². The average molecular weight is 396 g/mol. The van der Waals surface area contributed by atoms with Gasteiger partial charge in [-0.1, -0.05) is 76.2 Å². The molecule has 28 heavy (non-hydrogen) atoms. The summed E-state index contributed by atoms with van der Waals surface area (Å²) in [6.45, 7) is 19.5. The van der Waals surface area contributed by atoms with E-state index in [9.17, 15) is 0 Å². The second-order valence-corrected chi connectivity index (χ2v) is 9.58. The molecule has 0 bridgehead atoms. The zero-order valence-corrected chi connectivity index (χ0v) is 19.2. The van der Waals surface area contributed by atoms with E-state index in [0.717, 1.165) is 22.6 Å². The first-order valence-electron chi connectivity index (χ1n) is 9.87. The summed E-state index contributed by atoms with van der Waals surface area (Å²) in [6, 6.07) is 12.9. The predicted molar refractivity (Wildman–Crippen MR) is 126 cm³/mol. The Kier molecular flexibility index (Phi) is 6.51. The highest BCUT2D eigenvalue weighted by Gasteiger charge is 2.40. The van der Waals surface area contributed by atoms with E-state index in [1.165, 1.54) is 22.3 Å². The topological polar surface area (TPSA) is 26.0 Å². The van der Waals surface area contributed by atoms with Crippen LogP contribution >= 0.6 is 11.6 Å². The van der Waals surface area contributed by atoms with Crippen molar-refractivity contribution in [1.82, 2.24) is 0 Å². The molecule has 0 spiro atoms. The molecule has 1 atom stereocenters. The summed E-state index contributed by atoms with van der Waals surface area (Å²) in [5.74, 6) is 0. The van der Waals surface area contributed by atoms with Gasteiger partial charge in [0.05, 0.1) is 0 Å². The summed E-state index contributed by atoms with van der Waals surface area (Å²) in [4.78, 5) is 0. The molecular weight excluding hydrogens is 362 g/mol. The van der Waals surface area contributed by atoms with Crippen molar-refractivity contribution in [2.45, 2.75) is 60.3 Å². The lowest BCUT2D eigenvalue weighted by atomic mass is 9.60. The fourth-order valence-corrected chi connectivity index (χ4v) is 4.12. The summed E-state index contributed by atoms with van der Waals surface area (Å²) in [6.07, 6.45) is 3.16. The van der Waals surface area contributed by atoms with E-state index in [1.54, 1.807) is 0 Å². The average Bonchev–Trinajstić information content (AvgIpc) is 2.57. The van der Waals surface area contributed by atoms with Gasteiger partial charge in [0.25, 0.3) is 0 Å². The molecule has 0 saturated carbocycles. The molecular formula is C26H34ClN. The minimum atomic E-state index is -0.0749. The summed E-state index contributed by atoms with van der Waals surface area (Å²) >= 11 is 6.43. The smallest absolute Gasteiger partial charge is 0.0411 e. The molecule has 0 saturated heterocycles. The van der Waals surface area contributed by atoms with Gasteiger partial charge in [-0.05, 0) is 78.1 Å². The van der Waals surface area contributed by atoms with Crippen LogP contribution in [0.1, 0.15) is 68.9 Å². The molecule has 2 rings (SSSR count). The molecule has 0 aliphatic heterocycles. The van der Waals surface area contributed by atoms with E-state index >= 15 is 0 Å².